The number of benzene rings is 2. The Kier molecular flexibility index (Phi) is 6.00. The molecule has 4 aromatic rings. The predicted molar refractivity (Wildman–Crippen MR) is 127 cm³/mol. The summed E-state index contributed by atoms with van der Waals surface area (Å²) in [5.41, 5.74) is 1.15. The summed E-state index contributed by atoms with van der Waals surface area (Å²) in [6, 6.07) is 9.76. The van der Waals surface area contributed by atoms with Crippen LogP contribution in [0.1, 0.15) is 16.8 Å². The van der Waals surface area contributed by atoms with Crippen LogP contribution in [0, 0.1) is 6.92 Å². The van der Waals surface area contributed by atoms with Crippen LogP contribution in [0.2, 0.25) is 5.15 Å². The number of carbonyl (C=O) groups is 1. The molecule has 0 radical (unpaired) electrons. The van der Waals surface area contributed by atoms with E-state index in [0.717, 1.165) is 11.6 Å². The lowest BCUT2D eigenvalue weighted by atomic mass is 10.1. The van der Waals surface area contributed by atoms with Gasteiger partial charge in [0.15, 0.2) is 0 Å². The van der Waals surface area contributed by atoms with Crippen molar-refractivity contribution >= 4 is 29.0 Å². The van der Waals surface area contributed by atoms with Gasteiger partial charge in [-0.25, -0.2) is 19.7 Å². The minimum atomic E-state index is -4.63. The fourth-order valence-electron chi connectivity index (χ4n) is 3.96. The van der Waals surface area contributed by atoms with Crippen LogP contribution in [0.15, 0.2) is 61.3 Å². The molecular formula is C24H18ClF3N6O2. The molecule has 0 fully saturated rings. The Morgan fingerprint density at radius 1 is 1.08 bits per heavy atom. The molecule has 0 atom stereocenters. The number of hydrogen-bond donors (Lipinski definition) is 1. The molecular weight excluding hydrogens is 497 g/mol. The normalized spacial score (nSPS) is 13.0. The molecule has 3 heterocycles. The Morgan fingerprint density at radius 3 is 2.61 bits per heavy atom. The van der Waals surface area contributed by atoms with Crippen LogP contribution in [0.4, 0.5) is 29.3 Å². The average Bonchev–Trinajstić information content (AvgIpc) is 3.44. The quantitative estimate of drug-likeness (QED) is 0.336. The van der Waals surface area contributed by atoms with E-state index in [1.165, 1.54) is 46.5 Å². The van der Waals surface area contributed by atoms with Crippen molar-refractivity contribution in [2.45, 2.75) is 19.5 Å². The zero-order chi connectivity index (χ0) is 25.4. The third-order valence-electron chi connectivity index (χ3n) is 5.57. The monoisotopic (exact) mass is 514 g/mol. The number of imidazole rings is 1. The Labute approximate surface area is 208 Å². The minimum absolute atomic E-state index is 0.0296. The third kappa shape index (κ3) is 4.82. The molecule has 2 amide bonds. The van der Waals surface area contributed by atoms with Gasteiger partial charge in [-0.2, -0.15) is 13.2 Å². The summed E-state index contributed by atoms with van der Waals surface area (Å²) >= 11 is 5.85. The topological polar surface area (TPSA) is 85.2 Å². The Hall–Kier alpha value is -4.12. The van der Waals surface area contributed by atoms with Crippen LogP contribution in [-0.4, -0.2) is 32.1 Å². The van der Waals surface area contributed by atoms with E-state index in [0.29, 0.717) is 30.1 Å². The molecule has 8 nitrogen and oxygen atoms in total. The van der Waals surface area contributed by atoms with Crippen molar-refractivity contribution in [2.75, 3.05) is 16.8 Å². The Balaban J connectivity index is 1.35. The standard InChI is InChI=1S/C24H18ClF3N6O2/c1-14-11-33(13-31-14)20-4-2-16(9-18(20)24(26,27)28)32-23(35)34-7-6-15-8-17(3-5-19(15)34)36-22-10-21(25)29-12-30-22/h2-5,8-13H,6-7H2,1H3,(H,32,35). The molecule has 1 aliphatic heterocycles. The lowest BCUT2D eigenvalue weighted by Crippen LogP contribution is -2.33. The SMILES string of the molecule is Cc1cn(-c2ccc(NC(=O)N3CCc4cc(Oc5cc(Cl)ncn5)ccc43)cc2C(F)(F)F)cn1. The van der Waals surface area contributed by atoms with Gasteiger partial charge in [-0.1, -0.05) is 11.6 Å². The van der Waals surface area contributed by atoms with Crippen molar-refractivity contribution in [3.8, 4) is 17.3 Å². The number of alkyl halides is 3. The average molecular weight is 515 g/mol. The van der Waals surface area contributed by atoms with Gasteiger partial charge < -0.3 is 14.6 Å². The van der Waals surface area contributed by atoms with E-state index in [1.807, 2.05) is 0 Å². The van der Waals surface area contributed by atoms with Crippen molar-refractivity contribution < 1.29 is 22.7 Å². The molecule has 1 aliphatic rings. The maximum Gasteiger partial charge on any atom is 0.418 e. The second-order valence-electron chi connectivity index (χ2n) is 8.06. The van der Waals surface area contributed by atoms with Crippen LogP contribution in [-0.2, 0) is 12.6 Å². The summed E-state index contributed by atoms with van der Waals surface area (Å²) in [5, 5.41) is 2.82. The van der Waals surface area contributed by atoms with Gasteiger partial charge in [0.25, 0.3) is 0 Å². The van der Waals surface area contributed by atoms with Gasteiger partial charge in [0.2, 0.25) is 5.88 Å². The Morgan fingerprint density at radius 2 is 1.89 bits per heavy atom. The highest BCUT2D eigenvalue weighted by Gasteiger charge is 2.35. The van der Waals surface area contributed by atoms with Crippen molar-refractivity contribution in [2.24, 2.45) is 0 Å². The summed E-state index contributed by atoms with van der Waals surface area (Å²) in [5.74, 6) is 0.781. The van der Waals surface area contributed by atoms with Crippen molar-refractivity contribution in [1.29, 1.82) is 0 Å². The van der Waals surface area contributed by atoms with E-state index in [9.17, 15) is 18.0 Å². The van der Waals surface area contributed by atoms with Crippen molar-refractivity contribution in [3.63, 3.8) is 0 Å². The molecule has 2 aromatic carbocycles. The molecule has 1 N–H and O–H groups in total. The summed E-state index contributed by atoms with van der Waals surface area (Å²) in [4.78, 5) is 26.2. The molecule has 0 saturated carbocycles. The van der Waals surface area contributed by atoms with E-state index >= 15 is 0 Å². The molecule has 184 valence electrons. The smallest absolute Gasteiger partial charge is 0.418 e. The fourth-order valence-corrected chi connectivity index (χ4v) is 4.09. The highest BCUT2D eigenvalue weighted by Crippen LogP contribution is 2.37. The van der Waals surface area contributed by atoms with Crippen LogP contribution in [0.3, 0.4) is 0 Å². The van der Waals surface area contributed by atoms with Crippen molar-refractivity contribution in [1.82, 2.24) is 19.5 Å². The maximum absolute atomic E-state index is 13.8. The number of hydrogen-bond acceptors (Lipinski definition) is 5. The number of amides is 2. The van der Waals surface area contributed by atoms with Crippen LogP contribution < -0.4 is 15.0 Å². The summed E-state index contributed by atoms with van der Waals surface area (Å²) in [7, 11) is 0. The largest absolute Gasteiger partial charge is 0.439 e. The second-order valence-corrected chi connectivity index (χ2v) is 8.44. The number of aromatic nitrogens is 4. The molecule has 5 rings (SSSR count). The van der Waals surface area contributed by atoms with E-state index in [1.54, 1.807) is 25.1 Å². The molecule has 0 spiro atoms. The summed E-state index contributed by atoms with van der Waals surface area (Å²) < 4.78 is 48.4. The number of halogens is 4. The molecule has 0 bridgehead atoms. The highest BCUT2D eigenvalue weighted by molar-refractivity contribution is 6.29. The number of carbonyl (C=O) groups excluding carboxylic acids is 1. The number of nitrogens with zero attached hydrogens (tertiary/aromatic N) is 5. The zero-order valence-corrected chi connectivity index (χ0v) is 19.5. The van der Waals surface area contributed by atoms with E-state index < -0.39 is 17.8 Å². The Bertz CT molecular complexity index is 1460. The van der Waals surface area contributed by atoms with Gasteiger partial charge in [-0.05, 0) is 55.3 Å². The first-order valence-corrected chi connectivity index (χ1v) is 11.1. The zero-order valence-electron chi connectivity index (χ0n) is 18.8. The minimum Gasteiger partial charge on any atom is -0.439 e. The van der Waals surface area contributed by atoms with Gasteiger partial charge in [0.1, 0.15) is 17.2 Å². The molecule has 2 aromatic heterocycles. The van der Waals surface area contributed by atoms with Gasteiger partial charge in [0.05, 0.1) is 23.3 Å². The van der Waals surface area contributed by atoms with Gasteiger partial charge in [-0.3, -0.25) is 4.90 Å². The number of fused-ring (bicyclic) bond motifs is 1. The van der Waals surface area contributed by atoms with Gasteiger partial charge >= 0.3 is 12.2 Å². The first-order valence-electron chi connectivity index (χ1n) is 10.8. The molecule has 0 aliphatic carbocycles. The van der Waals surface area contributed by atoms with Crippen molar-refractivity contribution in [3.05, 3.63) is 83.3 Å². The highest BCUT2D eigenvalue weighted by atomic mass is 35.5. The molecule has 36 heavy (non-hydrogen) atoms. The number of rotatable bonds is 4. The number of anilines is 2. The lowest BCUT2D eigenvalue weighted by Gasteiger charge is -2.20. The van der Waals surface area contributed by atoms with E-state index in [2.05, 4.69) is 20.3 Å². The summed E-state index contributed by atoms with van der Waals surface area (Å²) in [6.45, 7) is 2.05. The number of ether oxygens (including phenoxy) is 1. The molecule has 0 unspecified atom stereocenters. The van der Waals surface area contributed by atoms with E-state index in [4.69, 9.17) is 16.3 Å². The summed E-state index contributed by atoms with van der Waals surface area (Å²) in [6.07, 6.45) is 0.0260. The second kappa shape index (κ2) is 9.15. The van der Waals surface area contributed by atoms with Gasteiger partial charge in [-0.15, -0.1) is 0 Å². The third-order valence-corrected chi connectivity index (χ3v) is 5.77. The first-order chi connectivity index (χ1) is 17.2. The predicted octanol–water partition coefficient (Wildman–Crippen LogP) is 6.03. The number of nitrogens with one attached hydrogen (secondary N) is 1. The maximum atomic E-state index is 13.8. The number of urea groups is 1. The number of aryl methyl sites for hydroxylation is 1. The fraction of sp³-hybridized carbons (Fsp3) is 0.167. The van der Waals surface area contributed by atoms with Crippen LogP contribution >= 0.6 is 11.6 Å². The lowest BCUT2D eigenvalue weighted by molar-refractivity contribution is -0.137. The molecule has 12 heteroatoms. The van der Waals surface area contributed by atoms with Gasteiger partial charge in [0, 0.05) is 30.2 Å². The van der Waals surface area contributed by atoms with E-state index in [-0.39, 0.29) is 22.4 Å². The van der Waals surface area contributed by atoms with Crippen LogP contribution in [0.5, 0.6) is 11.6 Å². The molecule has 0 saturated heterocycles. The first kappa shape index (κ1) is 23.6. The van der Waals surface area contributed by atoms with Crippen LogP contribution in [0.25, 0.3) is 5.69 Å².